The van der Waals surface area contributed by atoms with Crippen LogP contribution in [0.3, 0.4) is 0 Å². The lowest BCUT2D eigenvalue weighted by molar-refractivity contribution is 0.0621. The van der Waals surface area contributed by atoms with Crippen LogP contribution in [0.2, 0.25) is 0 Å². The average Bonchev–Trinajstić information content (AvgIpc) is 2.41. The highest BCUT2D eigenvalue weighted by atomic mass is 16.5. The fourth-order valence-corrected chi connectivity index (χ4v) is 3.13. The first-order valence-electron chi connectivity index (χ1n) is 7.70. The quantitative estimate of drug-likeness (QED) is 0.773. The SMILES string of the molecule is CCCNC(COCC)C1(c2ccccc2)CCC1. The fourth-order valence-electron chi connectivity index (χ4n) is 3.13. The number of ether oxygens (including phenoxy) is 1. The van der Waals surface area contributed by atoms with Crippen molar-refractivity contribution < 1.29 is 4.74 Å². The van der Waals surface area contributed by atoms with Gasteiger partial charge in [-0.1, -0.05) is 43.7 Å². The largest absolute Gasteiger partial charge is 0.380 e. The summed E-state index contributed by atoms with van der Waals surface area (Å²) >= 11 is 0. The monoisotopic (exact) mass is 261 g/mol. The van der Waals surface area contributed by atoms with Crippen LogP contribution in [0.15, 0.2) is 30.3 Å². The summed E-state index contributed by atoms with van der Waals surface area (Å²) in [5, 5.41) is 3.72. The van der Waals surface area contributed by atoms with Crippen molar-refractivity contribution in [3.8, 4) is 0 Å². The lowest BCUT2D eigenvalue weighted by Crippen LogP contribution is -2.55. The highest BCUT2D eigenvalue weighted by Gasteiger charge is 2.45. The fraction of sp³-hybridized carbons (Fsp3) is 0.647. The molecule has 1 unspecified atom stereocenters. The molecule has 1 aromatic rings. The zero-order valence-electron chi connectivity index (χ0n) is 12.3. The first kappa shape index (κ1) is 14.5. The third-order valence-electron chi connectivity index (χ3n) is 4.39. The van der Waals surface area contributed by atoms with Crippen LogP contribution in [0.4, 0.5) is 0 Å². The summed E-state index contributed by atoms with van der Waals surface area (Å²) in [6.07, 6.45) is 5.08. The predicted octanol–water partition coefficient (Wildman–Crippen LogP) is 3.51. The zero-order chi connectivity index (χ0) is 13.6. The molecule has 0 heterocycles. The smallest absolute Gasteiger partial charge is 0.0628 e. The zero-order valence-corrected chi connectivity index (χ0v) is 12.3. The highest BCUT2D eigenvalue weighted by molar-refractivity contribution is 5.30. The Morgan fingerprint density at radius 1 is 1.21 bits per heavy atom. The Morgan fingerprint density at radius 2 is 1.95 bits per heavy atom. The molecule has 0 radical (unpaired) electrons. The summed E-state index contributed by atoms with van der Waals surface area (Å²) in [5.41, 5.74) is 1.78. The van der Waals surface area contributed by atoms with E-state index >= 15 is 0 Å². The second kappa shape index (κ2) is 7.06. The third kappa shape index (κ3) is 3.18. The normalized spacial score (nSPS) is 18.8. The Hall–Kier alpha value is -0.860. The van der Waals surface area contributed by atoms with Gasteiger partial charge in [-0.3, -0.25) is 0 Å². The molecule has 0 spiro atoms. The standard InChI is InChI=1S/C17H27NO/c1-3-13-18-16(14-19-4-2)17(11-8-12-17)15-9-6-5-7-10-15/h5-7,9-10,16,18H,3-4,8,11-14H2,1-2H3. The molecule has 0 saturated heterocycles. The maximum absolute atomic E-state index is 5.73. The van der Waals surface area contributed by atoms with Crippen molar-refractivity contribution in [1.29, 1.82) is 0 Å². The van der Waals surface area contributed by atoms with Crippen LogP contribution in [0.5, 0.6) is 0 Å². The Kier molecular flexibility index (Phi) is 5.41. The molecule has 1 fully saturated rings. The van der Waals surface area contributed by atoms with Crippen molar-refractivity contribution in [2.24, 2.45) is 0 Å². The molecule has 1 saturated carbocycles. The number of hydrogen-bond acceptors (Lipinski definition) is 2. The number of benzene rings is 1. The van der Waals surface area contributed by atoms with E-state index in [1.165, 1.54) is 31.2 Å². The lowest BCUT2D eigenvalue weighted by Gasteiger charge is -2.48. The van der Waals surface area contributed by atoms with Crippen LogP contribution in [0, 0.1) is 0 Å². The molecule has 2 nitrogen and oxygen atoms in total. The lowest BCUT2D eigenvalue weighted by atomic mass is 9.60. The Labute approximate surface area is 117 Å². The van der Waals surface area contributed by atoms with Crippen LogP contribution in [0.1, 0.15) is 45.1 Å². The van der Waals surface area contributed by atoms with Crippen LogP contribution >= 0.6 is 0 Å². The Morgan fingerprint density at radius 3 is 2.47 bits per heavy atom. The number of nitrogens with one attached hydrogen (secondary N) is 1. The van der Waals surface area contributed by atoms with E-state index in [4.69, 9.17) is 4.74 Å². The molecule has 0 aromatic heterocycles. The number of hydrogen-bond donors (Lipinski definition) is 1. The molecule has 2 heteroatoms. The van der Waals surface area contributed by atoms with Crippen molar-refractivity contribution in [3.05, 3.63) is 35.9 Å². The summed E-state index contributed by atoms with van der Waals surface area (Å²) in [5.74, 6) is 0. The summed E-state index contributed by atoms with van der Waals surface area (Å²) in [7, 11) is 0. The third-order valence-corrected chi connectivity index (χ3v) is 4.39. The van der Waals surface area contributed by atoms with E-state index in [9.17, 15) is 0 Å². The molecule has 1 aliphatic carbocycles. The molecule has 2 rings (SSSR count). The van der Waals surface area contributed by atoms with Crippen molar-refractivity contribution >= 4 is 0 Å². The van der Waals surface area contributed by atoms with Gasteiger partial charge in [0.1, 0.15) is 0 Å². The van der Waals surface area contributed by atoms with Gasteiger partial charge in [-0.15, -0.1) is 0 Å². The van der Waals surface area contributed by atoms with Crippen molar-refractivity contribution in [1.82, 2.24) is 5.32 Å². The van der Waals surface area contributed by atoms with Gasteiger partial charge < -0.3 is 10.1 Å². The Bertz CT molecular complexity index is 351. The van der Waals surface area contributed by atoms with Crippen LogP contribution in [0.25, 0.3) is 0 Å². The summed E-state index contributed by atoms with van der Waals surface area (Å²) in [6, 6.07) is 11.4. The van der Waals surface area contributed by atoms with E-state index in [0.29, 0.717) is 11.5 Å². The van der Waals surface area contributed by atoms with Gasteiger partial charge in [-0.25, -0.2) is 0 Å². The molecular formula is C17H27NO. The van der Waals surface area contributed by atoms with E-state index in [1.807, 2.05) is 0 Å². The second-order valence-corrected chi connectivity index (χ2v) is 5.54. The summed E-state index contributed by atoms with van der Waals surface area (Å²) in [4.78, 5) is 0. The number of rotatable bonds is 8. The van der Waals surface area contributed by atoms with Gasteiger partial charge in [0.2, 0.25) is 0 Å². The Balaban J connectivity index is 2.15. The van der Waals surface area contributed by atoms with E-state index in [-0.39, 0.29) is 0 Å². The maximum Gasteiger partial charge on any atom is 0.0628 e. The van der Waals surface area contributed by atoms with Gasteiger partial charge in [0, 0.05) is 18.1 Å². The van der Waals surface area contributed by atoms with Crippen molar-refractivity contribution in [2.45, 2.75) is 51.0 Å². The van der Waals surface area contributed by atoms with Crippen LogP contribution in [-0.4, -0.2) is 25.8 Å². The molecule has 106 valence electrons. The molecule has 0 aliphatic heterocycles. The van der Waals surface area contributed by atoms with Crippen molar-refractivity contribution in [3.63, 3.8) is 0 Å². The van der Waals surface area contributed by atoms with E-state index in [0.717, 1.165) is 19.8 Å². The van der Waals surface area contributed by atoms with Crippen LogP contribution < -0.4 is 5.32 Å². The van der Waals surface area contributed by atoms with Gasteiger partial charge in [-0.2, -0.15) is 0 Å². The molecule has 1 aliphatic rings. The molecule has 0 amide bonds. The topological polar surface area (TPSA) is 21.3 Å². The average molecular weight is 261 g/mol. The first-order valence-corrected chi connectivity index (χ1v) is 7.70. The second-order valence-electron chi connectivity index (χ2n) is 5.54. The molecule has 1 N–H and O–H groups in total. The van der Waals surface area contributed by atoms with Crippen LogP contribution in [-0.2, 0) is 10.2 Å². The van der Waals surface area contributed by atoms with Gasteiger partial charge in [0.05, 0.1) is 6.61 Å². The summed E-state index contributed by atoms with van der Waals surface area (Å²) in [6.45, 7) is 7.00. The minimum Gasteiger partial charge on any atom is -0.380 e. The minimum absolute atomic E-state index is 0.297. The molecule has 19 heavy (non-hydrogen) atoms. The maximum atomic E-state index is 5.73. The van der Waals surface area contributed by atoms with E-state index in [2.05, 4.69) is 49.5 Å². The predicted molar refractivity (Wildman–Crippen MR) is 80.5 cm³/mol. The molecule has 1 aromatic carbocycles. The van der Waals surface area contributed by atoms with Gasteiger partial charge in [0.25, 0.3) is 0 Å². The molecule has 0 bridgehead atoms. The van der Waals surface area contributed by atoms with E-state index < -0.39 is 0 Å². The summed E-state index contributed by atoms with van der Waals surface area (Å²) < 4.78 is 5.73. The molecule has 1 atom stereocenters. The van der Waals surface area contributed by atoms with Crippen molar-refractivity contribution in [2.75, 3.05) is 19.8 Å². The minimum atomic E-state index is 0.297. The molecular weight excluding hydrogens is 234 g/mol. The van der Waals surface area contributed by atoms with Gasteiger partial charge in [-0.05, 0) is 38.3 Å². The highest BCUT2D eigenvalue weighted by Crippen LogP contribution is 2.46. The van der Waals surface area contributed by atoms with Gasteiger partial charge in [0.15, 0.2) is 0 Å². The van der Waals surface area contributed by atoms with E-state index in [1.54, 1.807) is 0 Å². The first-order chi connectivity index (χ1) is 9.33. The van der Waals surface area contributed by atoms with Gasteiger partial charge >= 0.3 is 0 Å².